The minimum atomic E-state index is 0.725. The molecule has 0 aliphatic carbocycles. The predicted molar refractivity (Wildman–Crippen MR) is 42.6 cm³/mol. The highest BCUT2D eigenvalue weighted by atomic mass is 16.3. The molecule has 0 spiro atoms. The van der Waals surface area contributed by atoms with E-state index in [9.17, 15) is 0 Å². The summed E-state index contributed by atoms with van der Waals surface area (Å²) in [5.41, 5.74) is 0.913. The molecule has 0 atom stereocenters. The Kier molecular flexibility index (Phi) is 1.66. The van der Waals surface area contributed by atoms with Gasteiger partial charge in [0.05, 0.1) is 12.2 Å². The number of rotatable bonds is 2. The third-order valence-corrected chi connectivity index (χ3v) is 1.74. The number of imidazole rings is 1. The molecule has 62 valence electrons. The standard InChI is InChI=1S/C8H9N3O/c1-7-9-2-3-11(7)4-8-5-12-6-10-8/h2-3,5-6H,4H2,1H3. The fourth-order valence-electron chi connectivity index (χ4n) is 1.06. The van der Waals surface area contributed by atoms with Crippen molar-refractivity contribution in [3.05, 3.63) is 36.6 Å². The van der Waals surface area contributed by atoms with Crippen molar-refractivity contribution in [1.29, 1.82) is 0 Å². The maximum atomic E-state index is 4.86. The first-order valence-electron chi connectivity index (χ1n) is 3.71. The highest BCUT2D eigenvalue weighted by Crippen LogP contribution is 2.01. The highest BCUT2D eigenvalue weighted by Gasteiger charge is 1.99. The molecular formula is C8H9N3O. The molecule has 0 aliphatic heterocycles. The van der Waals surface area contributed by atoms with Gasteiger partial charge in [-0.25, -0.2) is 9.97 Å². The summed E-state index contributed by atoms with van der Waals surface area (Å²) >= 11 is 0. The molecule has 0 aliphatic rings. The lowest BCUT2D eigenvalue weighted by Crippen LogP contribution is -2.00. The summed E-state index contributed by atoms with van der Waals surface area (Å²) in [4.78, 5) is 8.12. The van der Waals surface area contributed by atoms with Crippen LogP contribution in [-0.2, 0) is 6.54 Å². The highest BCUT2D eigenvalue weighted by molar-refractivity contribution is 4.97. The molecule has 2 rings (SSSR count). The van der Waals surface area contributed by atoms with Crippen LogP contribution < -0.4 is 0 Å². The second-order valence-corrected chi connectivity index (χ2v) is 2.58. The number of nitrogens with zero attached hydrogens (tertiary/aromatic N) is 3. The van der Waals surface area contributed by atoms with Gasteiger partial charge in [0.25, 0.3) is 0 Å². The average molecular weight is 163 g/mol. The fourth-order valence-corrected chi connectivity index (χ4v) is 1.06. The lowest BCUT2D eigenvalue weighted by atomic mass is 10.4. The van der Waals surface area contributed by atoms with Crippen molar-refractivity contribution in [1.82, 2.24) is 14.5 Å². The van der Waals surface area contributed by atoms with E-state index in [1.165, 1.54) is 6.39 Å². The van der Waals surface area contributed by atoms with Crippen LogP contribution in [0.1, 0.15) is 11.5 Å². The molecule has 4 nitrogen and oxygen atoms in total. The van der Waals surface area contributed by atoms with E-state index < -0.39 is 0 Å². The van der Waals surface area contributed by atoms with Gasteiger partial charge in [-0.1, -0.05) is 0 Å². The quantitative estimate of drug-likeness (QED) is 0.668. The largest absolute Gasteiger partial charge is 0.451 e. The zero-order valence-electron chi connectivity index (χ0n) is 6.77. The molecule has 0 bridgehead atoms. The summed E-state index contributed by atoms with van der Waals surface area (Å²) in [5, 5.41) is 0. The fraction of sp³-hybridized carbons (Fsp3) is 0.250. The first-order valence-corrected chi connectivity index (χ1v) is 3.71. The van der Waals surface area contributed by atoms with Gasteiger partial charge in [-0.05, 0) is 6.92 Å². The van der Waals surface area contributed by atoms with Crippen molar-refractivity contribution >= 4 is 0 Å². The van der Waals surface area contributed by atoms with Crippen LogP contribution in [0, 0.1) is 6.92 Å². The van der Waals surface area contributed by atoms with E-state index >= 15 is 0 Å². The number of hydrogen-bond donors (Lipinski definition) is 0. The summed E-state index contributed by atoms with van der Waals surface area (Å²) in [5.74, 6) is 0.984. The summed E-state index contributed by atoms with van der Waals surface area (Å²) in [6, 6.07) is 0. The molecule has 2 aromatic heterocycles. The second kappa shape index (κ2) is 2.81. The average Bonchev–Trinajstić information content (AvgIpc) is 2.65. The third kappa shape index (κ3) is 1.23. The Labute approximate surface area is 69.9 Å². The van der Waals surface area contributed by atoms with Crippen LogP contribution in [0.25, 0.3) is 0 Å². The SMILES string of the molecule is Cc1nccn1Cc1cocn1. The molecule has 2 heterocycles. The van der Waals surface area contributed by atoms with Gasteiger partial charge in [0.1, 0.15) is 12.1 Å². The van der Waals surface area contributed by atoms with Gasteiger partial charge in [0, 0.05) is 12.4 Å². The van der Waals surface area contributed by atoms with Gasteiger partial charge in [-0.2, -0.15) is 0 Å². The number of oxazole rings is 1. The van der Waals surface area contributed by atoms with Crippen molar-refractivity contribution in [2.45, 2.75) is 13.5 Å². The van der Waals surface area contributed by atoms with Gasteiger partial charge < -0.3 is 8.98 Å². The molecular weight excluding hydrogens is 154 g/mol. The minimum absolute atomic E-state index is 0.725. The van der Waals surface area contributed by atoms with Gasteiger partial charge in [0.15, 0.2) is 6.39 Å². The Bertz CT molecular complexity index is 350. The molecule has 0 saturated heterocycles. The second-order valence-electron chi connectivity index (χ2n) is 2.58. The van der Waals surface area contributed by atoms with Crippen molar-refractivity contribution in [2.75, 3.05) is 0 Å². The molecule has 0 saturated carbocycles. The molecule has 0 unspecified atom stereocenters. The maximum Gasteiger partial charge on any atom is 0.180 e. The van der Waals surface area contributed by atoms with E-state index in [0.29, 0.717) is 0 Å². The van der Waals surface area contributed by atoms with E-state index in [1.807, 2.05) is 17.7 Å². The van der Waals surface area contributed by atoms with Crippen LogP contribution in [0.2, 0.25) is 0 Å². The van der Waals surface area contributed by atoms with E-state index in [-0.39, 0.29) is 0 Å². The number of aryl methyl sites for hydroxylation is 1. The summed E-state index contributed by atoms with van der Waals surface area (Å²) in [7, 11) is 0. The Morgan fingerprint density at radius 3 is 3.00 bits per heavy atom. The molecule has 0 aromatic carbocycles. The van der Waals surface area contributed by atoms with E-state index in [4.69, 9.17) is 4.42 Å². The van der Waals surface area contributed by atoms with Crippen LogP contribution in [0.5, 0.6) is 0 Å². The zero-order valence-corrected chi connectivity index (χ0v) is 6.77. The molecule has 4 heteroatoms. The smallest absolute Gasteiger partial charge is 0.180 e. The Morgan fingerprint density at radius 1 is 1.50 bits per heavy atom. The van der Waals surface area contributed by atoms with Crippen molar-refractivity contribution in [2.24, 2.45) is 0 Å². The molecule has 0 N–H and O–H groups in total. The topological polar surface area (TPSA) is 43.9 Å². The number of hydrogen-bond acceptors (Lipinski definition) is 3. The molecule has 0 fully saturated rings. The Balaban J connectivity index is 2.20. The van der Waals surface area contributed by atoms with Gasteiger partial charge in [0.2, 0.25) is 0 Å². The van der Waals surface area contributed by atoms with Crippen LogP contribution in [0.3, 0.4) is 0 Å². The van der Waals surface area contributed by atoms with Crippen molar-refractivity contribution in [3.8, 4) is 0 Å². The summed E-state index contributed by atoms with van der Waals surface area (Å²) < 4.78 is 6.87. The van der Waals surface area contributed by atoms with Gasteiger partial charge >= 0.3 is 0 Å². The van der Waals surface area contributed by atoms with E-state index in [0.717, 1.165) is 18.1 Å². The predicted octanol–water partition coefficient (Wildman–Crippen LogP) is 1.23. The van der Waals surface area contributed by atoms with Gasteiger partial charge in [-0.3, -0.25) is 0 Å². The van der Waals surface area contributed by atoms with Crippen LogP contribution in [0.4, 0.5) is 0 Å². The lowest BCUT2D eigenvalue weighted by Gasteiger charge is -1.99. The molecule has 0 radical (unpaired) electrons. The van der Waals surface area contributed by atoms with E-state index in [1.54, 1.807) is 12.5 Å². The molecule has 12 heavy (non-hydrogen) atoms. The van der Waals surface area contributed by atoms with Crippen molar-refractivity contribution < 1.29 is 4.42 Å². The normalized spacial score (nSPS) is 10.4. The third-order valence-electron chi connectivity index (χ3n) is 1.74. The van der Waals surface area contributed by atoms with E-state index in [2.05, 4.69) is 9.97 Å². The lowest BCUT2D eigenvalue weighted by molar-refractivity contribution is 0.555. The summed E-state index contributed by atoms with van der Waals surface area (Å²) in [6.45, 7) is 2.68. The first-order chi connectivity index (χ1) is 5.86. The minimum Gasteiger partial charge on any atom is -0.451 e. The Morgan fingerprint density at radius 2 is 2.42 bits per heavy atom. The first kappa shape index (κ1) is 7.09. The Hall–Kier alpha value is -1.58. The summed E-state index contributed by atoms with van der Waals surface area (Å²) in [6.07, 6.45) is 6.76. The monoisotopic (exact) mass is 163 g/mol. The van der Waals surface area contributed by atoms with Crippen molar-refractivity contribution in [3.63, 3.8) is 0 Å². The van der Waals surface area contributed by atoms with Crippen LogP contribution >= 0.6 is 0 Å². The molecule has 2 aromatic rings. The zero-order chi connectivity index (χ0) is 8.39. The number of aromatic nitrogens is 3. The van der Waals surface area contributed by atoms with Gasteiger partial charge in [-0.15, -0.1) is 0 Å². The van der Waals surface area contributed by atoms with Crippen LogP contribution in [0.15, 0.2) is 29.5 Å². The van der Waals surface area contributed by atoms with Crippen LogP contribution in [-0.4, -0.2) is 14.5 Å². The molecule has 0 amide bonds. The maximum absolute atomic E-state index is 4.86.